The summed E-state index contributed by atoms with van der Waals surface area (Å²) in [5, 5.41) is 0. The highest BCUT2D eigenvalue weighted by atomic mass is 127. The first-order valence-electron chi connectivity index (χ1n) is 4.82. The second-order valence-corrected chi connectivity index (χ2v) is 4.30. The molecule has 1 aromatic rings. The molecule has 0 aliphatic rings. The van der Waals surface area contributed by atoms with E-state index in [1.165, 1.54) is 7.11 Å². The predicted molar refractivity (Wildman–Crippen MR) is 65.9 cm³/mol. The van der Waals surface area contributed by atoms with E-state index in [0.717, 1.165) is 13.3 Å². The summed E-state index contributed by atoms with van der Waals surface area (Å²) in [5.41, 5.74) is -0.0378. The van der Waals surface area contributed by atoms with E-state index in [-0.39, 0.29) is 11.3 Å². The molecule has 9 heteroatoms. The largest absolute Gasteiger partial charge is 0.574 e. The molecule has 1 heterocycles. The monoisotopic (exact) mass is 391 g/mol. The van der Waals surface area contributed by atoms with Gasteiger partial charge >= 0.3 is 12.3 Å². The van der Waals surface area contributed by atoms with Gasteiger partial charge in [-0.25, -0.2) is 4.98 Å². The summed E-state index contributed by atoms with van der Waals surface area (Å²) in [5.74, 6) is -1.16. The van der Waals surface area contributed by atoms with Crippen LogP contribution in [0.4, 0.5) is 13.2 Å². The van der Waals surface area contributed by atoms with E-state index in [4.69, 9.17) is 4.74 Å². The number of hydrogen-bond acceptors (Lipinski definition) is 5. The molecule has 0 atom stereocenters. The first-order chi connectivity index (χ1) is 8.78. The van der Waals surface area contributed by atoms with Crippen LogP contribution in [0.25, 0.3) is 0 Å². The maximum atomic E-state index is 12.2. The Hall–Kier alpha value is -1.26. The normalized spacial score (nSPS) is 11.1. The summed E-state index contributed by atoms with van der Waals surface area (Å²) in [6, 6.07) is 0. The Kier molecular flexibility index (Phi) is 5.20. The number of pyridine rings is 1. The maximum Gasteiger partial charge on any atom is 0.574 e. The smallest absolute Gasteiger partial charge is 0.494 e. The molecule has 0 bridgehead atoms. The van der Waals surface area contributed by atoms with Gasteiger partial charge in [0.2, 0.25) is 5.88 Å². The van der Waals surface area contributed by atoms with Gasteiger partial charge in [-0.15, -0.1) is 13.2 Å². The molecule has 0 aromatic carbocycles. The van der Waals surface area contributed by atoms with Crippen molar-refractivity contribution in [3.63, 3.8) is 0 Å². The number of carbonyl (C=O) groups is 1. The second-order valence-electron chi connectivity index (χ2n) is 3.22. The topological polar surface area (TPSA) is 57.7 Å². The lowest BCUT2D eigenvalue weighted by Gasteiger charge is -2.14. The summed E-state index contributed by atoms with van der Waals surface area (Å²) in [6.07, 6.45) is -4.20. The molecule has 0 radical (unpaired) electrons. The zero-order valence-corrected chi connectivity index (χ0v) is 12.0. The Bertz CT molecular complexity index is 479. The fraction of sp³-hybridized carbons (Fsp3) is 0.400. The van der Waals surface area contributed by atoms with Crippen molar-refractivity contribution in [2.45, 2.75) is 12.8 Å². The van der Waals surface area contributed by atoms with E-state index in [9.17, 15) is 18.0 Å². The molecule has 0 saturated heterocycles. The second kappa shape index (κ2) is 6.26. The van der Waals surface area contributed by atoms with Gasteiger partial charge < -0.3 is 14.2 Å². The van der Waals surface area contributed by atoms with Crippen molar-refractivity contribution in [3.8, 4) is 11.6 Å². The van der Waals surface area contributed by atoms with Crippen LogP contribution in [-0.2, 0) is 16.0 Å². The summed E-state index contributed by atoms with van der Waals surface area (Å²) < 4.78 is 50.2. The third kappa shape index (κ3) is 4.40. The van der Waals surface area contributed by atoms with Crippen LogP contribution in [0, 0.1) is 3.57 Å². The molecule has 1 aromatic heterocycles. The van der Waals surface area contributed by atoms with Gasteiger partial charge in [0.15, 0.2) is 5.75 Å². The van der Waals surface area contributed by atoms with E-state index in [1.807, 2.05) is 0 Å². The van der Waals surface area contributed by atoms with Crippen molar-refractivity contribution < 1.29 is 32.2 Å². The van der Waals surface area contributed by atoms with Crippen molar-refractivity contribution in [1.82, 2.24) is 4.98 Å². The van der Waals surface area contributed by atoms with Gasteiger partial charge in [0.05, 0.1) is 30.4 Å². The lowest BCUT2D eigenvalue weighted by molar-refractivity contribution is -0.276. The van der Waals surface area contributed by atoms with Crippen LogP contribution in [0.15, 0.2) is 6.20 Å². The summed E-state index contributed by atoms with van der Waals surface area (Å²) in [6.45, 7) is 0. The van der Waals surface area contributed by atoms with Crippen LogP contribution in [0.2, 0.25) is 0 Å². The number of esters is 1. The van der Waals surface area contributed by atoms with Crippen LogP contribution in [0.1, 0.15) is 5.56 Å². The highest BCUT2D eigenvalue weighted by molar-refractivity contribution is 14.1. The summed E-state index contributed by atoms with van der Waals surface area (Å²) in [4.78, 5) is 14.7. The zero-order chi connectivity index (χ0) is 14.6. The number of hydrogen-bond donors (Lipinski definition) is 0. The summed E-state index contributed by atoms with van der Waals surface area (Å²) >= 11 is 1.75. The molecule has 5 nitrogen and oxygen atoms in total. The van der Waals surface area contributed by atoms with Crippen molar-refractivity contribution in [1.29, 1.82) is 0 Å². The maximum absolute atomic E-state index is 12.2. The number of aromatic nitrogens is 1. The number of nitrogens with zero attached hydrogens (tertiary/aromatic N) is 1. The highest BCUT2D eigenvalue weighted by Crippen LogP contribution is 2.32. The number of halogens is 4. The van der Waals surface area contributed by atoms with Gasteiger partial charge in [0.1, 0.15) is 0 Å². The van der Waals surface area contributed by atoms with Crippen LogP contribution in [0.3, 0.4) is 0 Å². The molecule has 0 spiro atoms. The highest BCUT2D eigenvalue weighted by Gasteiger charge is 2.34. The Morgan fingerprint density at radius 1 is 1.42 bits per heavy atom. The van der Waals surface area contributed by atoms with Crippen LogP contribution >= 0.6 is 22.6 Å². The number of ether oxygens (including phenoxy) is 3. The van der Waals surface area contributed by atoms with Gasteiger partial charge in [0.25, 0.3) is 0 Å². The Labute approximate surface area is 120 Å². The quantitative estimate of drug-likeness (QED) is 0.583. The minimum Gasteiger partial charge on any atom is -0.494 e. The lowest BCUT2D eigenvalue weighted by Crippen LogP contribution is -2.20. The summed E-state index contributed by atoms with van der Waals surface area (Å²) in [7, 11) is 2.47. The van der Waals surface area contributed by atoms with E-state index in [2.05, 4.69) is 14.5 Å². The Morgan fingerprint density at radius 3 is 2.53 bits per heavy atom. The van der Waals surface area contributed by atoms with Crippen molar-refractivity contribution >= 4 is 28.6 Å². The molecule has 0 aliphatic heterocycles. The minimum absolute atomic E-state index is 0.0378. The number of carbonyl (C=O) groups excluding carboxylic acids is 1. The third-order valence-electron chi connectivity index (χ3n) is 2.02. The Morgan fingerprint density at radius 2 is 2.05 bits per heavy atom. The van der Waals surface area contributed by atoms with Crippen molar-refractivity contribution in [2.24, 2.45) is 0 Å². The van der Waals surface area contributed by atoms with Gasteiger partial charge in [0, 0.05) is 5.56 Å². The van der Waals surface area contributed by atoms with Crippen molar-refractivity contribution in [3.05, 3.63) is 15.3 Å². The molecule has 0 saturated carbocycles. The average molecular weight is 391 g/mol. The number of alkyl halides is 3. The first-order valence-corrected chi connectivity index (χ1v) is 5.90. The first kappa shape index (κ1) is 15.8. The van der Waals surface area contributed by atoms with Gasteiger partial charge in [-0.2, -0.15) is 0 Å². The van der Waals surface area contributed by atoms with E-state index in [1.54, 1.807) is 22.6 Å². The van der Waals surface area contributed by atoms with Crippen LogP contribution in [0.5, 0.6) is 11.6 Å². The van der Waals surface area contributed by atoms with Crippen molar-refractivity contribution in [2.75, 3.05) is 14.2 Å². The molecule has 0 fully saturated rings. The molecular formula is C10H9F3INO4. The van der Waals surface area contributed by atoms with Gasteiger partial charge in [-0.1, -0.05) is 0 Å². The standard InChI is InChI=1S/C10H9F3INO4/c1-17-6-4-15-9(19-10(11,12)13)5(8(6)14)3-7(16)18-2/h4H,3H2,1-2H3. The lowest BCUT2D eigenvalue weighted by atomic mass is 10.2. The SMILES string of the molecule is COC(=O)Cc1c(OC(F)(F)F)ncc(OC)c1I. The molecule has 0 aliphatic carbocycles. The molecule has 1 rings (SSSR count). The van der Waals surface area contributed by atoms with Crippen LogP contribution < -0.4 is 9.47 Å². The van der Waals surface area contributed by atoms with E-state index < -0.39 is 24.6 Å². The number of rotatable bonds is 4. The average Bonchev–Trinajstić information content (AvgIpc) is 2.32. The third-order valence-corrected chi connectivity index (χ3v) is 3.20. The molecule has 19 heavy (non-hydrogen) atoms. The predicted octanol–water partition coefficient (Wildman–Crippen LogP) is 2.31. The molecule has 0 N–H and O–H groups in total. The van der Waals surface area contributed by atoms with E-state index in [0.29, 0.717) is 3.57 Å². The van der Waals surface area contributed by atoms with Gasteiger partial charge in [-0.05, 0) is 22.6 Å². The molecule has 0 amide bonds. The fourth-order valence-electron chi connectivity index (χ4n) is 1.20. The Balaban J connectivity index is 3.22. The fourth-order valence-corrected chi connectivity index (χ4v) is 1.98. The van der Waals surface area contributed by atoms with Gasteiger partial charge in [-0.3, -0.25) is 4.79 Å². The van der Waals surface area contributed by atoms with E-state index >= 15 is 0 Å². The number of methoxy groups -OCH3 is 2. The molecular weight excluding hydrogens is 382 g/mol. The molecule has 0 unspecified atom stereocenters. The van der Waals surface area contributed by atoms with Crippen LogP contribution in [-0.4, -0.2) is 31.5 Å². The zero-order valence-electron chi connectivity index (χ0n) is 9.88. The molecule has 106 valence electrons. The minimum atomic E-state index is -4.89.